The number of amides is 3. The lowest BCUT2D eigenvalue weighted by Gasteiger charge is -2.28. The summed E-state index contributed by atoms with van der Waals surface area (Å²) in [4.78, 5) is 54.7. The molecule has 1 aliphatic heterocycles. The summed E-state index contributed by atoms with van der Waals surface area (Å²) in [7, 11) is 1.51. The fourth-order valence-corrected chi connectivity index (χ4v) is 4.31. The summed E-state index contributed by atoms with van der Waals surface area (Å²) in [5.41, 5.74) is 2.03. The molecule has 0 spiro atoms. The first kappa shape index (κ1) is 25.6. The van der Waals surface area contributed by atoms with E-state index in [1.165, 1.54) is 36.3 Å². The van der Waals surface area contributed by atoms with Crippen LogP contribution in [-0.2, 0) is 20.7 Å². The van der Waals surface area contributed by atoms with E-state index in [-0.39, 0.29) is 25.5 Å². The van der Waals surface area contributed by atoms with Gasteiger partial charge in [0.1, 0.15) is 11.8 Å². The van der Waals surface area contributed by atoms with Crippen molar-refractivity contribution in [3.8, 4) is 5.75 Å². The molecule has 0 bridgehead atoms. The van der Waals surface area contributed by atoms with Crippen LogP contribution in [0.4, 0.5) is 5.69 Å². The molecule has 0 radical (unpaired) electrons. The van der Waals surface area contributed by atoms with Crippen molar-refractivity contribution in [2.24, 2.45) is 0 Å². The molecule has 3 aromatic carbocycles. The molecule has 8 nitrogen and oxygen atoms in total. The quantitative estimate of drug-likeness (QED) is 0.327. The van der Waals surface area contributed by atoms with Gasteiger partial charge in [0.25, 0.3) is 11.8 Å². The van der Waals surface area contributed by atoms with Crippen molar-refractivity contribution in [1.29, 1.82) is 0 Å². The Balaban J connectivity index is 1.61. The van der Waals surface area contributed by atoms with Gasteiger partial charge in [-0.2, -0.15) is 0 Å². The Morgan fingerprint density at radius 1 is 0.946 bits per heavy atom. The summed E-state index contributed by atoms with van der Waals surface area (Å²) < 4.78 is 10.3. The van der Waals surface area contributed by atoms with E-state index >= 15 is 0 Å². The maximum Gasteiger partial charge on any atom is 0.338 e. The highest BCUT2D eigenvalue weighted by Crippen LogP contribution is 2.28. The number of carbonyl (C=O) groups is 4. The Hall–Kier alpha value is -4.46. The van der Waals surface area contributed by atoms with E-state index in [1.54, 1.807) is 31.2 Å². The highest BCUT2D eigenvalue weighted by Gasteiger charge is 2.44. The number of nitrogens with zero attached hydrogens (tertiary/aromatic N) is 2. The highest BCUT2D eigenvalue weighted by atomic mass is 16.5. The molecule has 37 heavy (non-hydrogen) atoms. The van der Waals surface area contributed by atoms with E-state index in [0.717, 1.165) is 10.5 Å². The standard InChI is InChI=1S/C29H28N2O6/c1-3-37-29(35)21-12-14-23(15-13-21)31-26(32)19-25(28(31)34)30(17-16-20-8-5-4-6-9-20)27(33)22-10-7-11-24(18-22)36-2/h4-15,18,25H,3,16-17,19H2,1-2H3. The van der Waals surface area contributed by atoms with Crippen LogP contribution in [0.3, 0.4) is 0 Å². The third kappa shape index (κ3) is 5.69. The normalized spacial score (nSPS) is 15.0. The summed E-state index contributed by atoms with van der Waals surface area (Å²) in [5.74, 6) is -1.23. The van der Waals surface area contributed by atoms with Gasteiger partial charge < -0.3 is 14.4 Å². The van der Waals surface area contributed by atoms with Gasteiger partial charge in [0.15, 0.2) is 0 Å². The Bertz CT molecular complexity index is 1290. The molecule has 3 amide bonds. The Kier molecular flexibility index (Phi) is 7.98. The van der Waals surface area contributed by atoms with Gasteiger partial charge in [0.05, 0.1) is 31.4 Å². The van der Waals surface area contributed by atoms with Gasteiger partial charge >= 0.3 is 5.97 Å². The SMILES string of the molecule is CCOC(=O)c1ccc(N2C(=O)CC(N(CCc3ccccc3)C(=O)c3cccc(OC)c3)C2=O)cc1. The minimum absolute atomic E-state index is 0.136. The van der Waals surface area contributed by atoms with Crippen molar-refractivity contribution in [1.82, 2.24) is 4.90 Å². The van der Waals surface area contributed by atoms with Crippen molar-refractivity contribution in [2.45, 2.75) is 25.8 Å². The lowest BCUT2D eigenvalue weighted by Crippen LogP contribution is -2.46. The molecule has 1 atom stereocenters. The van der Waals surface area contributed by atoms with E-state index < -0.39 is 23.8 Å². The molecule has 0 aliphatic carbocycles. The number of methoxy groups -OCH3 is 1. The van der Waals surface area contributed by atoms with Crippen molar-refractivity contribution in [3.63, 3.8) is 0 Å². The molecule has 1 unspecified atom stereocenters. The molecule has 4 rings (SSSR count). The van der Waals surface area contributed by atoms with Crippen LogP contribution in [-0.4, -0.2) is 54.9 Å². The fourth-order valence-electron chi connectivity index (χ4n) is 4.31. The Labute approximate surface area is 215 Å². The number of rotatable bonds is 9. The molecule has 3 aromatic rings. The maximum atomic E-state index is 13.6. The van der Waals surface area contributed by atoms with E-state index in [9.17, 15) is 19.2 Å². The van der Waals surface area contributed by atoms with Gasteiger partial charge in [-0.25, -0.2) is 9.69 Å². The summed E-state index contributed by atoms with van der Waals surface area (Å²) >= 11 is 0. The van der Waals surface area contributed by atoms with Crippen LogP contribution in [0.25, 0.3) is 0 Å². The molecule has 0 saturated carbocycles. The second kappa shape index (κ2) is 11.5. The van der Waals surface area contributed by atoms with Crippen LogP contribution in [0.2, 0.25) is 0 Å². The summed E-state index contributed by atoms with van der Waals surface area (Å²) in [6, 6.07) is 21.5. The molecule has 8 heteroatoms. The zero-order chi connectivity index (χ0) is 26.4. The zero-order valence-corrected chi connectivity index (χ0v) is 20.8. The second-order valence-electron chi connectivity index (χ2n) is 8.52. The van der Waals surface area contributed by atoms with E-state index in [4.69, 9.17) is 9.47 Å². The highest BCUT2D eigenvalue weighted by molar-refractivity contribution is 6.23. The van der Waals surface area contributed by atoms with Gasteiger partial charge in [-0.3, -0.25) is 14.4 Å². The van der Waals surface area contributed by atoms with Crippen LogP contribution in [0.5, 0.6) is 5.75 Å². The third-order valence-electron chi connectivity index (χ3n) is 6.20. The number of benzene rings is 3. The minimum Gasteiger partial charge on any atom is -0.497 e. The first-order chi connectivity index (χ1) is 17.9. The van der Waals surface area contributed by atoms with Crippen molar-refractivity contribution < 1.29 is 28.7 Å². The number of esters is 1. The lowest BCUT2D eigenvalue weighted by molar-refractivity contribution is -0.122. The number of hydrogen-bond donors (Lipinski definition) is 0. The van der Waals surface area contributed by atoms with Crippen molar-refractivity contribution >= 4 is 29.4 Å². The Morgan fingerprint density at radius 2 is 1.68 bits per heavy atom. The van der Waals surface area contributed by atoms with Crippen molar-refractivity contribution in [2.75, 3.05) is 25.2 Å². The summed E-state index contributed by atoms with van der Waals surface area (Å²) in [5, 5.41) is 0. The van der Waals surface area contributed by atoms with Gasteiger partial charge in [0, 0.05) is 12.1 Å². The van der Waals surface area contributed by atoms with Crippen LogP contribution >= 0.6 is 0 Å². The largest absolute Gasteiger partial charge is 0.497 e. The molecule has 1 heterocycles. The van der Waals surface area contributed by atoms with Crippen LogP contribution in [0.15, 0.2) is 78.9 Å². The molecule has 1 fully saturated rings. The summed E-state index contributed by atoms with van der Waals surface area (Å²) in [6.45, 7) is 2.20. The first-order valence-corrected chi connectivity index (χ1v) is 12.1. The average Bonchev–Trinajstić information content (AvgIpc) is 3.22. The van der Waals surface area contributed by atoms with E-state index in [1.807, 2.05) is 30.3 Å². The molecule has 1 aliphatic rings. The third-order valence-corrected chi connectivity index (χ3v) is 6.20. The van der Waals surface area contributed by atoms with Crippen molar-refractivity contribution in [3.05, 3.63) is 95.6 Å². The minimum atomic E-state index is -0.959. The first-order valence-electron chi connectivity index (χ1n) is 12.1. The smallest absolute Gasteiger partial charge is 0.338 e. The number of ether oxygens (including phenoxy) is 2. The number of imide groups is 1. The van der Waals surface area contributed by atoms with Gasteiger partial charge in [-0.15, -0.1) is 0 Å². The fraction of sp³-hybridized carbons (Fsp3) is 0.241. The molecule has 0 aromatic heterocycles. The predicted octanol–water partition coefficient (Wildman–Crippen LogP) is 3.89. The average molecular weight is 501 g/mol. The number of hydrogen-bond acceptors (Lipinski definition) is 6. The van der Waals surface area contributed by atoms with Crippen LogP contribution in [0.1, 0.15) is 39.6 Å². The van der Waals surface area contributed by atoms with Gasteiger partial charge in [0.2, 0.25) is 5.91 Å². The van der Waals surface area contributed by atoms with Gasteiger partial charge in [-0.1, -0.05) is 36.4 Å². The second-order valence-corrected chi connectivity index (χ2v) is 8.52. The molecular formula is C29H28N2O6. The van der Waals surface area contributed by atoms with E-state index in [0.29, 0.717) is 29.0 Å². The molecular weight excluding hydrogens is 472 g/mol. The maximum absolute atomic E-state index is 13.6. The van der Waals surface area contributed by atoms with Crippen LogP contribution < -0.4 is 9.64 Å². The lowest BCUT2D eigenvalue weighted by atomic mass is 10.1. The van der Waals surface area contributed by atoms with Gasteiger partial charge in [-0.05, 0) is 61.4 Å². The van der Waals surface area contributed by atoms with E-state index in [2.05, 4.69) is 0 Å². The topological polar surface area (TPSA) is 93.2 Å². The Morgan fingerprint density at radius 3 is 2.35 bits per heavy atom. The molecule has 190 valence electrons. The zero-order valence-electron chi connectivity index (χ0n) is 20.8. The van der Waals surface area contributed by atoms with Crippen LogP contribution in [0, 0.1) is 0 Å². The summed E-state index contributed by atoms with van der Waals surface area (Å²) in [6.07, 6.45) is 0.381. The molecule has 1 saturated heterocycles. The predicted molar refractivity (Wildman–Crippen MR) is 137 cm³/mol. The monoisotopic (exact) mass is 500 g/mol. The number of anilines is 1. The number of carbonyl (C=O) groups excluding carboxylic acids is 4. The molecule has 0 N–H and O–H groups in total.